The summed E-state index contributed by atoms with van der Waals surface area (Å²) in [5, 5.41) is 4.94. The van der Waals surface area contributed by atoms with Crippen LogP contribution >= 0.6 is 11.3 Å². The molecule has 1 unspecified atom stereocenters. The highest BCUT2D eigenvalue weighted by atomic mass is 32.1. The largest absolute Gasteiger partial charge is 0.345 e. The van der Waals surface area contributed by atoms with Crippen molar-refractivity contribution in [2.24, 2.45) is 5.92 Å². The van der Waals surface area contributed by atoms with E-state index in [-0.39, 0.29) is 0 Å². The van der Waals surface area contributed by atoms with Gasteiger partial charge in [0.05, 0.1) is 5.69 Å². The average Bonchev–Trinajstić information content (AvgIpc) is 3.00. The Morgan fingerprint density at radius 1 is 1.33 bits per heavy atom. The van der Waals surface area contributed by atoms with Crippen molar-refractivity contribution >= 4 is 16.5 Å². The van der Waals surface area contributed by atoms with Gasteiger partial charge in [0.1, 0.15) is 0 Å². The van der Waals surface area contributed by atoms with Gasteiger partial charge in [0.2, 0.25) is 0 Å². The number of nitrogens with zero attached hydrogens (tertiary/aromatic N) is 2. The van der Waals surface area contributed by atoms with E-state index < -0.39 is 0 Å². The maximum atomic E-state index is 5.02. The van der Waals surface area contributed by atoms with Crippen molar-refractivity contribution < 1.29 is 0 Å². The molecule has 2 fully saturated rings. The van der Waals surface area contributed by atoms with Gasteiger partial charge < -0.3 is 10.2 Å². The molecule has 1 aromatic rings. The second-order valence-electron chi connectivity index (χ2n) is 6.92. The predicted octanol–water partition coefficient (Wildman–Crippen LogP) is 3.97. The van der Waals surface area contributed by atoms with Gasteiger partial charge in [0, 0.05) is 30.1 Å². The Morgan fingerprint density at radius 3 is 2.81 bits per heavy atom. The summed E-state index contributed by atoms with van der Waals surface area (Å²) >= 11 is 1.94. The molecule has 2 aliphatic rings. The number of anilines is 1. The molecule has 4 heteroatoms. The molecule has 0 radical (unpaired) electrons. The van der Waals surface area contributed by atoms with Gasteiger partial charge in [0.25, 0.3) is 0 Å². The van der Waals surface area contributed by atoms with Crippen molar-refractivity contribution in [2.75, 3.05) is 11.4 Å². The molecule has 1 saturated heterocycles. The fraction of sp³-hybridized carbons (Fsp3) is 0.824. The highest BCUT2D eigenvalue weighted by molar-refractivity contribution is 7.15. The summed E-state index contributed by atoms with van der Waals surface area (Å²) in [6, 6.07) is 1.47. The monoisotopic (exact) mass is 307 g/mol. The van der Waals surface area contributed by atoms with E-state index >= 15 is 0 Å². The number of hydrogen-bond acceptors (Lipinski definition) is 4. The van der Waals surface area contributed by atoms with Crippen LogP contribution in [0.4, 0.5) is 5.13 Å². The first-order chi connectivity index (χ1) is 10.2. The third kappa shape index (κ3) is 3.59. The lowest BCUT2D eigenvalue weighted by molar-refractivity contribution is 0.491. The van der Waals surface area contributed by atoms with Crippen molar-refractivity contribution in [3.8, 4) is 0 Å². The maximum absolute atomic E-state index is 5.02. The van der Waals surface area contributed by atoms with Crippen molar-refractivity contribution in [1.82, 2.24) is 10.3 Å². The summed E-state index contributed by atoms with van der Waals surface area (Å²) in [6.07, 6.45) is 7.68. The van der Waals surface area contributed by atoms with E-state index in [4.69, 9.17) is 4.98 Å². The van der Waals surface area contributed by atoms with Crippen molar-refractivity contribution in [3.63, 3.8) is 0 Å². The van der Waals surface area contributed by atoms with E-state index in [1.807, 2.05) is 11.3 Å². The van der Waals surface area contributed by atoms with Gasteiger partial charge in [-0.2, -0.15) is 0 Å². The molecule has 118 valence electrons. The van der Waals surface area contributed by atoms with Gasteiger partial charge in [-0.25, -0.2) is 4.98 Å². The van der Waals surface area contributed by atoms with E-state index in [1.165, 1.54) is 54.4 Å². The Hall–Kier alpha value is -0.610. The number of nitrogens with one attached hydrogen (secondary N) is 1. The van der Waals surface area contributed by atoms with E-state index in [1.54, 1.807) is 0 Å². The Morgan fingerprint density at radius 2 is 2.14 bits per heavy atom. The van der Waals surface area contributed by atoms with Crippen LogP contribution in [-0.2, 0) is 13.0 Å². The van der Waals surface area contributed by atoms with Crippen LogP contribution in [0.2, 0.25) is 0 Å². The third-order valence-corrected chi connectivity index (χ3v) is 5.83. The minimum Gasteiger partial charge on any atom is -0.345 e. The predicted molar refractivity (Wildman–Crippen MR) is 91.2 cm³/mol. The number of aryl methyl sites for hydroxylation is 1. The highest BCUT2D eigenvalue weighted by Gasteiger charge is 2.30. The van der Waals surface area contributed by atoms with Crippen LogP contribution in [-0.4, -0.2) is 23.6 Å². The van der Waals surface area contributed by atoms with Gasteiger partial charge in [-0.15, -0.1) is 11.3 Å². The SMILES string of the molecule is CCCc1nc(N2CCCC2C(C)C)sc1CNC1CC1. The van der Waals surface area contributed by atoms with Crippen molar-refractivity contribution in [3.05, 3.63) is 10.6 Å². The third-order valence-electron chi connectivity index (χ3n) is 4.70. The maximum Gasteiger partial charge on any atom is 0.186 e. The Labute approximate surface area is 133 Å². The Bertz CT molecular complexity index is 465. The standard InChI is InChI=1S/C17H29N3S/c1-4-6-14-16(11-18-13-8-9-13)21-17(19-14)20-10-5-7-15(20)12(2)3/h12-13,15,18H,4-11H2,1-3H3. The van der Waals surface area contributed by atoms with Crippen molar-refractivity contribution in [1.29, 1.82) is 0 Å². The summed E-state index contributed by atoms with van der Waals surface area (Å²) in [5.74, 6) is 0.721. The van der Waals surface area contributed by atoms with Gasteiger partial charge in [-0.1, -0.05) is 27.2 Å². The summed E-state index contributed by atoms with van der Waals surface area (Å²) in [5.41, 5.74) is 1.35. The summed E-state index contributed by atoms with van der Waals surface area (Å²) in [6.45, 7) is 9.16. The van der Waals surface area contributed by atoms with E-state index in [0.29, 0.717) is 6.04 Å². The first-order valence-electron chi connectivity index (χ1n) is 8.67. The molecule has 1 saturated carbocycles. The van der Waals surface area contributed by atoms with Crippen LogP contribution in [0.15, 0.2) is 0 Å². The molecule has 1 N–H and O–H groups in total. The molecule has 3 nitrogen and oxygen atoms in total. The molecule has 0 spiro atoms. The van der Waals surface area contributed by atoms with Crippen LogP contribution in [0.3, 0.4) is 0 Å². The minimum atomic E-state index is 0.690. The molecular weight excluding hydrogens is 278 g/mol. The van der Waals surface area contributed by atoms with Crippen LogP contribution in [0.25, 0.3) is 0 Å². The molecule has 3 rings (SSSR count). The first kappa shape index (κ1) is 15.3. The molecule has 0 aromatic carbocycles. The van der Waals surface area contributed by atoms with Crippen LogP contribution in [0.1, 0.15) is 63.4 Å². The first-order valence-corrected chi connectivity index (χ1v) is 9.49. The quantitative estimate of drug-likeness (QED) is 0.826. The van der Waals surface area contributed by atoms with Crippen LogP contribution in [0, 0.1) is 5.92 Å². The molecule has 0 amide bonds. The summed E-state index contributed by atoms with van der Waals surface area (Å²) in [7, 11) is 0. The topological polar surface area (TPSA) is 28.2 Å². The molecule has 0 bridgehead atoms. The van der Waals surface area contributed by atoms with Crippen LogP contribution < -0.4 is 10.2 Å². The van der Waals surface area contributed by atoms with Crippen molar-refractivity contribution in [2.45, 2.75) is 77.9 Å². The van der Waals surface area contributed by atoms with Gasteiger partial charge in [0.15, 0.2) is 5.13 Å². The molecular formula is C17H29N3S. The zero-order valence-electron chi connectivity index (χ0n) is 13.7. The number of hydrogen-bond donors (Lipinski definition) is 1. The normalized spacial score (nSPS) is 22.5. The lowest BCUT2D eigenvalue weighted by Gasteiger charge is -2.27. The number of thiazole rings is 1. The molecule has 1 aliphatic carbocycles. The minimum absolute atomic E-state index is 0.690. The van der Waals surface area contributed by atoms with E-state index in [0.717, 1.165) is 24.9 Å². The lowest BCUT2D eigenvalue weighted by Crippen LogP contribution is -2.33. The Kier molecular flexibility index (Phi) is 4.85. The molecule has 2 heterocycles. The van der Waals surface area contributed by atoms with E-state index in [9.17, 15) is 0 Å². The van der Waals surface area contributed by atoms with Gasteiger partial charge >= 0.3 is 0 Å². The smallest absolute Gasteiger partial charge is 0.186 e. The van der Waals surface area contributed by atoms with E-state index in [2.05, 4.69) is 31.0 Å². The fourth-order valence-corrected chi connectivity index (χ4v) is 4.45. The molecule has 1 atom stereocenters. The zero-order chi connectivity index (χ0) is 14.8. The summed E-state index contributed by atoms with van der Waals surface area (Å²) in [4.78, 5) is 9.08. The number of aromatic nitrogens is 1. The van der Waals surface area contributed by atoms with Gasteiger partial charge in [-0.3, -0.25) is 0 Å². The van der Waals surface area contributed by atoms with Gasteiger partial charge in [-0.05, 0) is 38.0 Å². The summed E-state index contributed by atoms with van der Waals surface area (Å²) < 4.78 is 0. The average molecular weight is 308 g/mol. The zero-order valence-corrected chi connectivity index (χ0v) is 14.5. The fourth-order valence-electron chi connectivity index (χ4n) is 3.31. The van der Waals surface area contributed by atoms with Crippen LogP contribution in [0.5, 0.6) is 0 Å². The lowest BCUT2D eigenvalue weighted by atomic mass is 10.0. The molecule has 1 aliphatic heterocycles. The Balaban J connectivity index is 1.75. The highest BCUT2D eigenvalue weighted by Crippen LogP contribution is 2.35. The molecule has 1 aromatic heterocycles. The molecule has 21 heavy (non-hydrogen) atoms. The second-order valence-corrected chi connectivity index (χ2v) is 7.98. The second kappa shape index (κ2) is 6.66. The number of rotatable bonds is 7.